The van der Waals surface area contributed by atoms with Crippen LogP contribution in [0.5, 0.6) is 0 Å². The number of carbonyl (C=O) groups excluding carboxylic acids is 3. The van der Waals surface area contributed by atoms with Crippen molar-refractivity contribution in [3.63, 3.8) is 0 Å². The van der Waals surface area contributed by atoms with Crippen LogP contribution in [0.25, 0.3) is 0 Å². The van der Waals surface area contributed by atoms with Gasteiger partial charge in [0.25, 0.3) is 11.8 Å². The molecule has 0 radical (unpaired) electrons. The molecule has 4 N–H and O–H groups in total. The highest BCUT2D eigenvalue weighted by Gasteiger charge is 2.54. The highest BCUT2D eigenvalue weighted by Crippen LogP contribution is 2.49. The Hall–Kier alpha value is -4.63. The van der Waals surface area contributed by atoms with Gasteiger partial charge in [0.05, 0.1) is 18.0 Å². The predicted molar refractivity (Wildman–Crippen MR) is 181 cm³/mol. The van der Waals surface area contributed by atoms with Gasteiger partial charge in [0, 0.05) is 36.3 Å². The molecule has 4 atom stereocenters. The molecular formula is C37H45N9O3. The number of hydrogen-bond donors (Lipinski definition) is 4. The Morgan fingerprint density at radius 1 is 0.980 bits per heavy atom. The number of aromatic nitrogens is 4. The Bertz CT molecular complexity index is 1690. The van der Waals surface area contributed by atoms with E-state index in [-0.39, 0.29) is 42.4 Å². The lowest BCUT2D eigenvalue weighted by Crippen LogP contribution is -2.49. The van der Waals surface area contributed by atoms with Gasteiger partial charge in [-0.3, -0.25) is 14.4 Å². The number of piperidine rings is 1. The fraction of sp³-hybridized carbons (Fsp3) is 0.541. The normalized spacial score (nSPS) is 22.6. The minimum absolute atomic E-state index is 0.0204. The second-order valence-corrected chi connectivity index (χ2v) is 14.1. The lowest BCUT2D eigenvalue weighted by molar-refractivity contribution is -0.131. The second kappa shape index (κ2) is 13.7. The van der Waals surface area contributed by atoms with Gasteiger partial charge in [0.2, 0.25) is 5.91 Å². The summed E-state index contributed by atoms with van der Waals surface area (Å²) in [5, 5.41) is 35.4. The number of tetrazole rings is 1. The third-order valence-electron chi connectivity index (χ3n) is 11.3. The maximum absolute atomic E-state index is 13.7. The number of rotatable bonds is 11. The minimum atomic E-state index is -0.901. The largest absolute Gasteiger partial charge is 0.352 e. The Morgan fingerprint density at radius 3 is 2.16 bits per heavy atom. The molecule has 3 aromatic rings. The van der Waals surface area contributed by atoms with E-state index in [1.807, 2.05) is 55.1 Å². The van der Waals surface area contributed by atoms with Gasteiger partial charge in [0.1, 0.15) is 6.04 Å². The quantitative estimate of drug-likeness (QED) is 0.243. The topological polar surface area (TPSA) is 169 Å². The van der Waals surface area contributed by atoms with Gasteiger partial charge in [-0.15, -0.1) is 10.2 Å². The van der Waals surface area contributed by atoms with Crippen molar-refractivity contribution in [2.24, 2.45) is 11.8 Å². The van der Waals surface area contributed by atoms with Gasteiger partial charge in [-0.2, -0.15) is 10.5 Å². The van der Waals surface area contributed by atoms with E-state index in [1.165, 1.54) is 0 Å². The van der Waals surface area contributed by atoms with Crippen molar-refractivity contribution in [2.45, 2.75) is 95.2 Å². The van der Waals surface area contributed by atoms with Crippen LogP contribution in [-0.2, 0) is 23.1 Å². The Kier molecular flexibility index (Phi) is 9.20. The first-order valence-electron chi connectivity index (χ1n) is 17.9. The molecule has 12 nitrogen and oxygen atoms in total. The van der Waals surface area contributed by atoms with Crippen molar-refractivity contribution in [1.82, 2.24) is 41.5 Å². The first kappa shape index (κ1) is 32.9. The van der Waals surface area contributed by atoms with E-state index in [0.29, 0.717) is 61.1 Å². The molecule has 2 heterocycles. The summed E-state index contributed by atoms with van der Waals surface area (Å²) in [5.74, 6) is 0.996. The Labute approximate surface area is 286 Å². The molecule has 2 saturated carbocycles. The number of aryl methyl sites for hydroxylation is 2. The number of hydrogen-bond acceptors (Lipinski definition) is 8. The summed E-state index contributed by atoms with van der Waals surface area (Å²) in [4.78, 5) is 41.6. The van der Waals surface area contributed by atoms with Gasteiger partial charge >= 0.3 is 0 Å². The van der Waals surface area contributed by atoms with Crippen LogP contribution in [0, 0.1) is 23.2 Å². The summed E-state index contributed by atoms with van der Waals surface area (Å²) < 4.78 is 0. The van der Waals surface area contributed by atoms with Gasteiger partial charge in [0.15, 0.2) is 5.82 Å². The van der Waals surface area contributed by atoms with E-state index in [0.717, 1.165) is 60.8 Å². The molecule has 7 rings (SSSR count). The molecule has 3 amide bonds. The average molecular weight is 664 g/mol. The van der Waals surface area contributed by atoms with Crippen LogP contribution in [0.4, 0.5) is 0 Å². The fourth-order valence-corrected chi connectivity index (χ4v) is 8.89. The predicted octanol–water partition coefficient (Wildman–Crippen LogP) is 3.18. The second-order valence-electron chi connectivity index (χ2n) is 14.1. The first-order valence-corrected chi connectivity index (χ1v) is 17.9. The number of carbonyl (C=O) groups is 3. The zero-order valence-electron chi connectivity index (χ0n) is 28.3. The number of amides is 3. The molecule has 1 aromatic heterocycles. The summed E-state index contributed by atoms with van der Waals surface area (Å²) >= 11 is 0. The number of fused-ring (bicyclic) bond motifs is 3. The molecule has 1 saturated heterocycles. The van der Waals surface area contributed by atoms with Gasteiger partial charge in [-0.25, -0.2) is 0 Å². The van der Waals surface area contributed by atoms with Crippen molar-refractivity contribution < 1.29 is 14.4 Å². The molecule has 49 heavy (non-hydrogen) atoms. The van der Waals surface area contributed by atoms with Crippen molar-refractivity contribution in [3.05, 3.63) is 75.6 Å². The van der Waals surface area contributed by atoms with Crippen LogP contribution in [-0.4, -0.2) is 81.0 Å². The van der Waals surface area contributed by atoms with E-state index in [2.05, 4.69) is 42.6 Å². The molecule has 12 heteroatoms. The summed E-state index contributed by atoms with van der Waals surface area (Å²) in [6.07, 6.45) is 7.92. The molecule has 4 aliphatic rings. The minimum Gasteiger partial charge on any atom is -0.352 e. The van der Waals surface area contributed by atoms with E-state index in [1.54, 1.807) is 0 Å². The SMILES string of the molecule is CCNC(=O)c1ccc2c(c1)CCc1cc(C(=O)NCC)ccc1C2(C[C@H](NCC(=O)N1C(C#N)C[C@@H]2C[C@@H]21)C1CCCC1)c1nn[nH]n1. The molecule has 2 aromatic carbocycles. The highest BCUT2D eigenvalue weighted by molar-refractivity contribution is 5.95. The maximum atomic E-state index is 13.7. The van der Waals surface area contributed by atoms with Gasteiger partial charge in [-0.1, -0.05) is 30.2 Å². The maximum Gasteiger partial charge on any atom is 0.251 e. The molecule has 0 bridgehead atoms. The lowest BCUT2D eigenvalue weighted by atomic mass is 9.66. The average Bonchev–Trinajstić information content (AvgIpc) is 3.52. The van der Waals surface area contributed by atoms with Crippen molar-refractivity contribution in [2.75, 3.05) is 19.6 Å². The molecule has 1 unspecified atom stereocenters. The third kappa shape index (κ3) is 6.09. The third-order valence-corrected chi connectivity index (χ3v) is 11.3. The first-order chi connectivity index (χ1) is 23.9. The zero-order valence-corrected chi connectivity index (χ0v) is 28.3. The molecule has 1 aliphatic heterocycles. The van der Waals surface area contributed by atoms with Gasteiger partial charge in [-0.05, 0) is 117 Å². The summed E-state index contributed by atoms with van der Waals surface area (Å²) in [7, 11) is 0. The number of nitrogens with one attached hydrogen (secondary N) is 4. The standard InChI is InChI=1S/C37H45N9O3/c1-3-39-34(48)25-11-13-29-23(15-25)9-10-24-16-26(35(49)40-4-2)12-14-30(24)37(29,36-42-44-45-43-36)19-31(22-7-5-6-8-22)41-21-33(47)46-28(20-38)17-27-18-32(27)46/h11-16,22,27-28,31-32,41H,3-10,17-19,21H2,1-2H3,(H,39,48)(H,40,49)(H,42,43,44,45)/t27-,28?,31+,32+/m1/s1. The van der Waals surface area contributed by atoms with Crippen LogP contribution >= 0.6 is 0 Å². The molecule has 3 aliphatic carbocycles. The molecule has 3 fully saturated rings. The zero-order chi connectivity index (χ0) is 34.1. The van der Waals surface area contributed by atoms with Crippen LogP contribution in [0.2, 0.25) is 0 Å². The summed E-state index contributed by atoms with van der Waals surface area (Å²) in [6, 6.07) is 13.9. The van der Waals surface area contributed by atoms with Crippen molar-refractivity contribution in [3.8, 4) is 6.07 Å². The summed E-state index contributed by atoms with van der Waals surface area (Å²) in [6.45, 7) is 5.01. The highest BCUT2D eigenvalue weighted by atomic mass is 16.2. The number of nitriles is 1. The smallest absolute Gasteiger partial charge is 0.251 e. The number of likely N-dealkylation sites (tertiary alicyclic amines) is 1. The fourth-order valence-electron chi connectivity index (χ4n) is 8.89. The van der Waals surface area contributed by atoms with E-state index < -0.39 is 5.41 Å². The number of benzene rings is 2. The summed E-state index contributed by atoms with van der Waals surface area (Å²) in [5.41, 5.74) is 4.28. The van der Waals surface area contributed by atoms with Crippen LogP contribution < -0.4 is 16.0 Å². The van der Waals surface area contributed by atoms with E-state index in [4.69, 9.17) is 0 Å². The molecule has 256 valence electrons. The number of H-pyrrole nitrogens is 1. The number of aromatic amines is 1. The van der Waals surface area contributed by atoms with E-state index in [9.17, 15) is 19.6 Å². The van der Waals surface area contributed by atoms with Crippen LogP contribution in [0.3, 0.4) is 0 Å². The van der Waals surface area contributed by atoms with E-state index >= 15 is 0 Å². The Morgan fingerprint density at radius 2 is 1.61 bits per heavy atom. The van der Waals surface area contributed by atoms with Crippen molar-refractivity contribution in [1.29, 1.82) is 5.26 Å². The number of nitrogens with zero attached hydrogens (tertiary/aromatic N) is 5. The van der Waals surface area contributed by atoms with Gasteiger partial charge < -0.3 is 20.9 Å². The lowest BCUT2D eigenvalue weighted by Gasteiger charge is -2.39. The van der Waals surface area contributed by atoms with Crippen LogP contribution in [0.15, 0.2) is 36.4 Å². The van der Waals surface area contributed by atoms with Crippen molar-refractivity contribution >= 4 is 17.7 Å². The monoisotopic (exact) mass is 663 g/mol. The van der Waals surface area contributed by atoms with Crippen LogP contribution in [0.1, 0.15) is 108 Å². The Balaban J connectivity index is 1.34. The molecular weight excluding hydrogens is 618 g/mol. The molecule has 0 spiro atoms.